The Balaban J connectivity index is 1.78. The lowest BCUT2D eigenvalue weighted by Crippen LogP contribution is -2.24. The number of aromatic hydroxyl groups is 1. The van der Waals surface area contributed by atoms with Gasteiger partial charge in [0.1, 0.15) is 12.2 Å². The summed E-state index contributed by atoms with van der Waals surface area (Å²) in [5.74, 6) is -0.772. The summed E-state index contributed by atoms with van der Waals surface area (Å²) < 4.78 is 0. The van der Waals surface area contributed by atoms with Crippen molar-refractivity contribution in [2.45, 2.75) is 6.42 Å². The van der Waals surface area contributed by atoms with Crippen molar-refractivity contribution in [2.75, 3.05) is 5.32 Å². The second-order valence-electron chi connectivity index (χ2n) is 4.48. The minimum Gasteiger partial charge on any atom is -0.508 e. The molecule has 0 aliphatic carbocycles. The number of carbonyl (C=O) groups is 2. The van der Waals surface area contributed by atoms with Gasteiger partial charge in [0, 0.05) is 5.69 Å². The number of para-hydroxylation sites is 1. The van der Waals surface area contributed by atoms with E-state index in [2.05, 4.69) is 15.8 Å². The van der Waals surface area contributed by atoms with Crippen LogP contribution >= 0.6 is 0 Å². The molecule has 0 aromatic heterocycles. The molecule has 6 heteroatoms. The molecule has 0 aliphatic heterocycles. The first-order valence-corrected chi connectivity index (χ1v) is 6.59. The fourth-order valence-electron chi connectivity index (χ4n) is 1.65. The van der Waals surface area contributed by atoms with Gasteiger partial charge in [-0.2, -0.15) is 5.10 Å². The first kappa shape index (κ1) is 15.2. The van der Waals surface area contributed by atoms with Crippen molar-refractivity contribution >= 4 is 23.7 Å². The molecule has 0 atom stereocenters. The first-order chi connectivity index (χ1) is 10.6. The molecule has 2 amide bonds. The lowest BCUT2D eigenvalue weighted by Gasteiger charge is -2.03. The summed E-state index contributed by atoms with van der Waals surface area (Å²) in [6.07, 6.45) is 1.11. The van der Waals surface area contributed by atoms with E-state index in [9.17, 15) is 9.59 Å². The average molecular weight is 297 g/mol. The number of nitrogens with one attached hydrogen (secondary N) is 2. The van der Waals surface area contributed by atoms with Gasteiger partial charge in [0.15, 0.2) is 0 Å². The van der Waals surface area contributed by atoms with Crippen molar-refractivity contribution in [3.05, 3.63) is 60.2 Å². The third-order valence-electron chi connectivity index (χ3n) is 2.67. The van der Waals surface area contributed by atoms with Crippen LogP contribution in [0.4, 0.5) is 5.69 Å². The predicted octanol–water partition coefficient (Wildman–Crippen LogP) is 1.87. The van der Waals surface area contributed by atoms with Gasteiger partial charge in [0.05, 0.1) is 6.21 Å². The van der Waals surface area contributed by atoms with E-state index >= 15 is 0 Å². The van der Waals surface area contributed by atoms with Crippen molar-refractivity contribution in [1.82, 2.24) is 5.43 Å². The molecule has 2 rings (SSSR count). The zero-order valence-electron chi connectivity index (χ0n) is 11.7. The number of benzene rings is 2. The maximum atomic E-state index is 11.6. The number of amides is 2. The van der Waals surface area contributed by atoms with Crippen LogP contribution in [0.25, 0.3) is 0 Å². The molecule has 22 heavy (non-hydrogen) atoms. The van der Waals surface area contributed by atoms with Crippen molar-refractivity contribution in [3.63, 3.8) is 0 Å². The van der Waals surface area contributed by atoms with Gasteiger partial charge < -0.3 is 10.4 Å². The van der Waals surface area contributed by atoms with E-state index in [1.165, 1.54) is 18.3 Å². The average Bonchev–Trinajstić information content (AvgIpc) is 2.50. The predicted molar refractivity (Wildman–Crippen MR) is 83.5 cm³/mol. The van der Waals surface area contributed by atoms with Gasteiger partial charge in [-0.1, -0.05) is 18.2 Å². The highest BCUT2D eigenvalue weighted by Gasteiger charge is 2.08. The lowest BCUT2D eigenvalue weighted by molar-refractivity contribution is -0.126. The van der Waals surface area contributed by atoms with E-state index in [0.717, 1.165) is 0 Å². The van der Waals surface area contributed by atoms with Crippen LogP contribution in [0.2, 0.25) is 0 Å². The van der Waals surface area contributed by atoms with Crippen LogP contribution in [0.5, 0.6) is 5.75 Å². The monoisotopic (exact) mass is 297 g/mol. The molecule has 0 saturated heterocycles. The molecule has 0 spiro atoms. The van der Waals surface area contributed by atoms with E-state index in [4.69, 9.17) is 5.11 Å². The minimum absolute atomic E-state index is 0.152. The molecule has 0 unspecified atom stereocenters. The Bertz CT molecular complexity index is 667. The Morgan fingerprint density at radius 1 is 1.00 bits per heavy atom. The van der Waals surface area contributed by atoms with Crippen LogP contribution in [0.1, 0.15) is 12.0 Å². The van der Waals surface area contributed by atoms with Crippen LogP contribution in [-0.2, 0) is 9.59 Å². The molecule has 0 radical (unpaired) electrons. The standard InChI is InChI=1S/C16H15N3O3/c20-14-8-6-12(7-9-14)11-17-19-16(22)10-15(21)18-13-4-2-1-3-5-13/h1-9,11,20H,10H2,(H,18,21)(H,19,22)/b17-11+. The number of anilines is 1. The van der Waals surface area contributed by atoms with Gasteiger partial charge in [-0.15, -0.1) is 0 Å². The van der Waals surface area contributed by atoms with E-state index in [-0.39, 0.29) is 12.2 Å². The molecular weight excluding hydrogens is 282 g/mol. The number of nitrogens with zero attached hydrogens (tertiary/aromatic N) is 1. The summed E-state index contributed by atoms with van der Waals surface area (Å²) in [6, 6.07) is 15.2. The molecule has 0 saturated carbocycles. The van der Waals surface area contributed by atoms with Gasteiger partial charge in [-0.25, -0.2) is 5.43 Å². The summed E-state index contributed by atoms with van der Waals surface area (Å²) in [7, 11) is 0. The second-order valence-corrected chi connectivity index (χ2v) is 4.48. The smallest absolute Gasteiger partial charge is 0.249 e. The maximum absolute atomic E-state index is 11.6. The Hall–Kier alpha value is -3.15. The number of hydrogen-bond acceptors (Lipinski definition) is 4. The van der Waals surface area contributed by atoms with Crippen molar-refractivity contribution < 1.29 is 14.7 Å². The Labute approximate surface area is 127 Å². The van der Waals surface area contributed by atoms with Crippen molar-refractivity contribution in [2.24, 2.45) is 5.10 Å². The van der Waals surface area contributed by atoms with Crippen molar-refractivity contribution in [1.29, 1.82) is 0 Å². The van der Waals surface area contributed by atoms with E-state index in [1.54, 1.807) is 36.4 Å². The largest absolute Gasteiger partial charge is 0.508 e. The normalized spacial score (nSPS) is 10.4. The molecule has 6 nitrogen and oxygen atoms in total. The summed E-state index contributed by atoms with van der Waals surface area (Å²) in [6.45, 7) is 0. The number of phenols is 1. The molecule has 2 aromatic carbocycles. The number of hydrazone groups is 1. The molecule has 0 aliphatic rings. The van der Waals surface area contributed by atoms with Crippen molar-refractivity contribution in [3.8, 4) is 5.75 Å². The topological polar surface area (TPSA) is 90.8 Å². The second kappa shape index (κ2) is 7.58. The summed E-state index contributed by atoms with van der Waals surface area (Å²) in [4.78, 5) is 23.2. The Kier molecular flexibility index (Phi) is 5.25. The van der Waals surface area contributed by atoms with E-state index in [0.29, 0.717) is 11.3 Å². The highest BCUT2D eigenvalue weighted by Crippen LogP contribution is 2.07. The molecular formula is C16H15N3O3. The number of hydrogen-bond donors (Lipinski definition) is 3. The number of phenolic OH excluding ortho intramolecular Hbond substituents is 1. The Morgan fingerprint density at radius 3 is 2.36 bits per heavy atom. The summed E-state index contributed by atoms with van der Waals surface area (Å²) >= 11 is 0. The highest BCUT2D eigenvalue weighted by atomic mass is 16.3. The van der Waals surface area contributed by atoms with Crippen LogP contribution in [0, 0.1) is 0 Å². The minimum atomic E-state index is -0.511. The third-order valence-corrected chi connectivity index (χ3v) is 2.67. The van der Waals surface area contributed by atoms with Crippen LogP contribution in [-0.4, -0.2) is 23.1 Å². The van der Waals surface area contributed by atoms with E-state index in [1.807, 2.05) is 6.07 Å². The highest BCUT2D eigenvalue weighted by molar-refractivity contribution is 6.03. The zero-order chi connectivity index (χ0) is 15.8. The lowest BCUT2D eigenvalue weighted by atomic mass is 10.2. The van der Waals surface area contributed by atoms with Gasteiger partial charge >= 0.3 is 0 Å². The van der Waals surface area contributed by atoms with Crippen LogP contribution in [0.15, 0.2) is 59.7 Å². The fraction of sp³-hybridized carbons (Fsp3) is 0.0625. The molecule has 0 heterocycles. The molecule has 0 fully saturated rings. The number of carbonyl (C=O) groups excluding carboxylic acids is 2. The number of rotatable bonds is 5. The zero-order valence-corrected chi connectivity index (χ0v) is 11.7. The van der Waals surface area contributed by atoms with Gasteiger partial charge in [-0.05, 0) is 42.0 Å². The fourth-order valence-corrected chi connectivity index (χ4v) is 1.65. The van der Waals surface area contributed by atoms with Crippen LogP contribution in [0.3, 0.4) is 0 Å². The van der Waals surface area contributed by atoms with Gasteiger partial charge in [0.25, 0.3) is 0 Å². The summed E-state index contributed by atoms with van der Waals surface area (Å²) in [5, 5.41) is 15.5. The molecule has 0 bridgehead atoms. The van der Waals surface area contributed by atoms with Gasteiger partial charge in [-0.3, -0.25) is 9.59 Å². The van der Waals surface area contributed by atoms with Gasteiger partial charge in [0.2, 0.25) is 11.8 Å². The SMILES string of the molecule is O=C(CC(=O)Nc1ccccc1)N/N=C/c1ccc(O)cc1. The quantitative estimate of drug-likeness (QED) is 0.447. The molecule has 3 N–H and O–H groups in total. The molecule has 2 aromatic rings. The third kappa shape index (κ3) is 5.09. The van der Waals surface area contributed by atoms with E-state index < -0.39 is 11.8 Å². The first-order valence-electron chi connectivity index (χ1n) is 6.59. The Morgan fingerprint density at radius 2 is 1.68 bits per heavy atom. The maximum Gasteiger partial charge on any atom is 0.249 e. The summed E-state index contributed by atoms with van der Waals surface area (Å²) in [5.41, 5.74) is 3.62. The molecule has 112 valence electrons. The van der Waals surface area contributed by atoms with Crippen LogP contribution < -0.4 is 10.7 Å².